The molecule has 43 heavy (non-hydrogen) atoms. The molecule has 0 spiro atoms. The summed E-state index contributed by atoms with van der Waals surface area (Å²) in [6.45, 7) is 0. The van der Waals surface area contributed by atoms with E-state index in [-0.39, 0.29) is 45.2 Å². The molecule has 0 saturated heterocycles. The molecule has 2 fully saturated rings. The van der Waals surface area contributed by atoms with Gasteiger partial charge in [0.15, 0.2) is 5.78 Å². The Morgan fingerprint density at radius 3 is 2.16 bits per heavy atom. The molecule has 4 heteroatoms. The topological polar surface area (TPSA) is 50.2 Å². The third-order valence-electron chi connectivity index (χ3n) is 9.50. The van der Waals surface area contributed by atoms with Crippen LogP contribution in [0.15, 0.2) is 72.6 Å². The van der Waals surface area contributed by atoms with E-state index in [0.29, 0.717) is 5.76 Å². The molecule has 0 atom stereocenters. The van der Waals surface area contributed by atoms with Gasteiger partial charge in [0.25, 0.3) is 0 Å². The zero-order valence-corrected chi connectivity index (χ0v) is 26.9. The fourth-order valence-electron chi connectivity index (χ4n) is 7.21. The van der Waals surface area contributed by atoms with Gasteiger partial charge < -0.3 is 10.1 Å². The van der Waals surface area contributed by atoms with E-state index in [1.807, 2.05) is 6.07 Å². The number of aliphatic hydroxyl groups excluding tert-OH is 1. The fourth-order valence-corrected chi connectivity index (χ4v) is 7.21. The number of aromatic nitrogens is 1. The molecule has 229 valence electrons. The van der Waals surface area contributed by atoms with Crippen molar-refractivity contribution in [1.29, 1.82) is 0 Å². The summed E-state index contributed by atoms with van der Waals surface area (Å²) in [6, 6.07) is 22.8. The number of fused-ring (bicyclic) bond motifs is 1. The van der Waals surface area contributed by atoms with E-state index in [1.165, 1.54) is 90.5 Å². The van der Waals surface area contributed by atoms with E-state index in [1.54, 1.807) is 6.08 Å². The third-order valence-corrected chi connectivity index (χ3v) is 9.50. The summed E-state index contributed by atoms with van der Waals surface area (Å²) in [7, 11) is 0. The fraction of sp³-hybridized carbons (Fsp3) is 0.436. The van der Waals surface area contributed by atoms with Crippen LogP contribution in [0.5, 0.6) is 0 Å². The summed E-state index contributed by atoms with van der Waals surface area (Å²) < 4.78 is 0. The van der Waals surface area contributed by atoms with Gasteiger partial charge in [0.2, 0.25) is 0 Å². The number of pyridine rings is 1. The SMILES string of the molecule is C.O=C(C=C(O)C1CCCCC1)C1CCCCC1.[Ir].[c-]1ccc2ccccc2c1-c1ncc2c3c(cccc13)CCCC2. The Labute approximate surface area is 271 Å². The molecule has 1 heterocycles. The van der Waals surface area contributed by atoms with Crippen molar-refractivity contribution in [3.05, 3.63) is 89.8 Å². The summed E-state index contributed by atoms with van der Waals surface area (Å²) in [5, 5.41) is 15.2. The van der Waals surface area contributed by atoms with Crippen molar-refractivity contribution in [1.82, 2.24) is 4.98 Å². The summed E-state index contributed by atoms with van der Waals surface area (Å²) in [6.07, 6.45) is 19.9. The van der Waals surface area contributed by atoms with Gasteiger partial charge in [-0.3, -0.25) is 4.79 Å². The number of nitrogens with zero attached hydrogens (tertiary/aromatic N) is 1. The van der Waals surface area contributed by atoms with Crippen molar-refractivity contribution in [3.8, 4) is 11.3 Å². The van der Waals surface area contributed by atoms with Gasteiger partial charge in [-0.15, -0.1) is 29.1 Å². The standard InChI is InChI=1S/C23H18N.C15H24O2.CH4.Ir/c1-2-9-18-15-24-23(21-14-6-11-17(8-1)22(18)21)20-13-5-10-16-7-3-4-12-19(16)20;16-14(12-7-3-1-4-8-12)11-15(17)13-9-5-2-6-10-13;;/h3-7,10-12,14-15H,1-2,8-9H2;11-13,16H,1-10H2;1H4;/q-1;;;. The second kappa shape index (κ2) is 15.8. The molecule has 7 rings (SSSR count). The molecule has 3 aromatic carbocycles. The molecule has 0 bridgehead atoms. The zero-order chi connectivity index (χ0) is 28.0. The van der Waals surface area contributed by atoms with Crippen LogP contribution in [0.2, 0.25) is 0 Å². The number of carbonyl (C=O) groups excluding carboxylic acids is 1. The number of carbonyl (C=O) groups is 1. The molecule has 0 amide bonds. The molecule has 2 saturated carbocycles. The molecule has 3 aliphatic carbocycles. The number of aliphatic hydroxyl groups is 1. The molecular formula is C39H46IrNO2-. The Kier molecular flexibility index (Phi) is 12.1. The molecule has 0 aliphatic heterocycles. The van der Waals surface area contributed by atoms with E-state index in [2.05, 4.69) is 60.8 Å². The Balaban J connectivity index is 0.000000199. The van der Waals surface area contributed by atoms with Crippen LogP contribution >= 0.6 is 0 Å². The minimum Gasteiger partial charge on any atom is -0.512 e. The Hall–Kier alpha value is -2.81. The van der Waals surface area contributed by atoms with Crippen LogP contribution < -0.4 is 0 Å². The van der Waals surface area contributed by atoms with Crippen LogP contribution in [-0.4, -0.2) is 15.9 Å². The van der Waals surface area contributed by atoms with Gasteiger partial charge in [-0.05, 0) is 79.0 Å². The number of benzene rings is 3. The molecule has 3 nitrogen and oxygen atoms in total. The summed E-state index contributed by atoms with van der Waals surface area (Å²) in [5.74, 6) is 0.985. The molecule has 3 aliphatic rings. The molecule has 4 aromatic rings. The van der Waals surface area contributed by atoms with Gasteiger partial charge >= 0.3 is 0 Å². The van der Waals surface area contributed by atoms with Crippen molar-refractivity contribution in [3.63, 3.8) is 0 Å². The van der Waals surface area contributed by atoms with Crippen molar-refractivity contribution in [2.45, 2.75) is 97.3 Å². The van der Waals surface area contributed by atoms with Gasteiger partial charge in [0.1, 0.15) is 0 Å². The van der Waals surface area contributed by atoms with Crippen molar-refractivity contribution >= 4 is 27.3 Å². The second-order valence-electron chi connectivity index (χ2n) is 12.3. The minimum absolute atomic E-state index is 0. The van der Waals surface area contributed by atoms with Crippen LogP contribution in [0.25, 0.3) is 32.8 Å². The van der Waals surface area contributed by atoms with E-state index in [4.69, 9.17) is 4.98 Å². The van der Waals surface area contributed by atoms with E-state index in [9.17, 15) is 9.90 Å². The molecule has 0 unspecified atom stereocenters. The number of hydrogen-bond acceptors (Lipinski definition) is 3. The minimum atomic E-state index is 0. The van der Waals surface area contributed by atoms with Gasteiger partial charge in [0.05, 0.1) is 5.76 Å². The number of allylic oxidation sites excluding steroid dienone is 2. The third kappa shape index (κ3) is 7.65. The Bertz CT molecular complexity index is 1530. The normalized spacial score (nSPS) is 17.6. The Morgan fingerprint density at radius 1 is 0.767 bits per heavy atom. The molecular weight excluding hydrogens is 707 g/mol. The van der Waals surface area contributed by atoms with Gasteiger partial charge in [0, 0.05) is 44.2 Å². The first-order valence-electron chi connectivity index (χ1n) is 15.9. The number of aryl methyl sites for hydroxylation is 2. The summed E-state index contributed by atoms with van der Waals surface area (Å²) >= 11 is 0. The maximum absolute atomic E-state index is 12.0. The largest absolute Gasteiger partial charge is 0.512 e. The first kappa shape index (κ1) is 33.1. The van der Waals surface area contributed by atoms with E-state index >= 15 is 0 Å². The van der Waals surface area contributed by atoms with E-state index < -0.39 is 0 Å². The van der Waals surface area contributed by atoms with Crippen molar-refractivity contribution in [2.75, 3.05) is 0 Å². The van der Waals surface area contributed by atoms with Crippen LogP contribution in [-0.2, 0) is 37.7 Å². The van der Waals surface area contributed by atoms with Crippen LogP contribution in [0.3, 0.4) is 0 Å². The van der Waals surface area contributed by atoms with Crippen molar-refractivity contribution in [2.24, 2.45) is 11.8 Å². The molecule has 1 aromatic heterocycles. The molecule has 1 N–H and O–H groups in total. The maximum atomic E-state index is 12.0. The average molecular weight is 753 g/mol. The van der Waals surface area contributed by atoms with Gasteiger partial charge in [-0.2, -0.15) is 0 Å². The number of rotatable bonds is 4. The predicted molar refractivity (Wildman–Crippen MR) is 176 cm³/mol. The van der Waals surface area contributed by atoms with Crippen LogP contribution in [0.1, 0.15) is 95.6 Å². The smallest absolute Gasteiger partial charge is 0.162 e. The summed E-state index contributed by atoms with van der Waals surface area (Å²) in [5.41, 5.74) is 5.06. The van der Waals surface area contributed by atoms with Gasteiger partial charge in [-0.1, -0.05) is 93.8 Å². The quantitative estimate of drug-likeness (QED) is 0.128. The van der Waals surface area contributed by atoms with E-state index in [0.717, 1.165) is 43.4 Å². The first-order chi connectivity index (χ1) is 20.2. The summed E-state index contributed by atoms with van der Waals surface area (Å²) in [4.78, 5) is 16.9. The Morgan fingerprint density at radius 2 is 1.42 bits per heavy atom. The van der Waals surface area contributed by atoms with Crippen molar-refractivity contribution < 1.29 is 30.0 Å². The molecule has 1 radical (unpaired) electrons. The average Bonchev–Trinajstić information content (AvgIpc) is 3.25. The predicted octanol–water partition coefficient (Wildman–Crippen LogP) is 10.5. The van der Waals surface area contributed by atoms with Crippen LogP contribution in [0.4, 0.5) is 0 Å². The number of ketones is 1. The zero-order valence-electron chi connectivity index (χ0n) is 24.5. The second-order valence-corrected chi connectivity index (χ2v) is 12.3. The van der Waals surface area contributed by atoms with Gasteiger partial charge in [-0.25, -0.2) is 0 Å². The number of hydrogen-bond donors (Lipinski definition) is 1. The van der Waals surface area contributed by atoms with Crippen LogP contribution in [0, 0.1) is 17.9 Å². The first-order valence-corrected chi connectivity index (χ1v) is 15.9. The maximum Gasteiger partial charge on any atom is 0.162 e. The monoisotopic (exact) mass is 753 g/mol.